The van der Waals surface area contributed by atoms with E-state index in [0.29, 0.717) is 19.0 Å². The van der Waals surface area contributed by atoms with Gasteiger partial charge in [0.25, 0.3) is 6.01 Å². The number of para-hydroxylation sites is 2. The third-order valence-corrected chi connectivity index (χ3v) is 4.20. The summed E-state index contributed by atoms with van der Waals surface area (Å²) in [5.74, 6) is 0.145. The van der Waals surface area contributed by atoms with Crippen molar-refractivity contribution in [3.63, 3.8) is 0 Å². The molecule has 0 aliphatic carbocycles. The molecule has 2 heterocycles. The van der Waals surface area contributed by atoms with E-state index in [9.17, 15) is 4.79 Å². The Balaban J connectivity index is 1.64. The summed E-state index contributed by atoms with van der Waals surface area (Å²) >= 11 is 0. The van der Waals surface area contributed by atoms with Gasteiger partial charge in [0.15, 0.2) is 5.58 Å². The number of nitrogens with one attached hydrogen (secondary N) is 1. The van der Waals surface area contributed by atoms with E-state index in [1.807, 2.05) is 24.3 Å². The molecule has 118 valence electrons. The first kappa shape index (κ1) is 14.9. The second-order valence-corrected chi connectivity index (χ2v) is 5.86. The van der Waals surface area contributed by atoms with Crippen molar-refractivity contribution in [2.24, 2.45) is 0 Å². The Labute approximate surface area is 130 Å². The van der Waals surface area contributed by atoms with Crippen LogP contribution in [-0.4, -0.2) is 30.0 Å². The number of carbonyl (C=O) groups is 1. The second kappa shape index (κ2) is 6.81. The van der Waals surface area contributed by atoms with E-state index < -0.39 is 0 Å². The highest BCUT2D eigenvalue weighted by molar-refractivity contribution is 5.76. The van der Waals surface area contributed by atoms with E-state index in [0.717, 1.165) is 43.3 Å². The van der Waals surface area contributed by atoms with Crippen LogP contribution in [0.15, 0.2) is 28.7 Å². The minimum Gasteiger partial charge on any atom is -0.423 e. The lowest BCUT2D eigenvalue weighted by atomic mass is 10.2. The van der Waals surface area contributed by atoms with Gasteiger partial charge in [0.05, 0.1) is 6.04 Å². The minimum atomic E-state index is 0.145. The molecule has 22 heavy (non-hydrogen) atoms. The zero-order chi connectivity index (χ0) is 15.4. The van der Waals surface area contributed by atoms with Crippen LogP contribution in [-0.2, 0) is 4.79 Å². The van der Waals surface area contributed by atoms with E-state index in [-0.39, 0.29) is 11.9 Å². The molecule has 1 atom stereocenters. The number of unbranched alkanes of at least 4 members (excludes halogenated alkanes) is 1. The summed E-state index contributed by atoms with van der Waals surface area (Å²) in [6, 6.07) is 8.75. The van der Waals surface area contributed by atoms with Gasteiger partial charge in [0.1, 0.15) is 5.52 Å². The molecule has 3 rings (SSSR count). The van der Waals surface area contributed by atoms with Crippen molar-refractivity contribution < 1.29 is 9.21 Å². The maximum absolute atomic E-state index is 11.8. The van der Waals surface area contributed by atoms with Crippen molar-refractivity contribution in [1.29, 1.82) is 0 Å². The predicted molar refractivity (Wildman–Crippen MR) is 86.9 cm³/mol. The molecule has 1 unspecified atom stereocenters. The molecule has 0 spiro atoms. The third-order valence-electron chi connectivity index (χ3n) is 4.20. The van der Waals surface area contributed by atoms with Crippen LogP contribution in [0, 0.1) is 0 Å². The minimum absolute atomic E-state index is 0.145. The van der Waals surface area contributed by atoms with Gasteiger partial charge < -0.3 is 14.6 Å². The molecule has 0 radical (unpaired) electrons. The molecule has 1 fully saturated rings. The Kier molecular flexibility index (Phi) is 4.61. The molecule has 1 aliphatic rings. The molecule has 5 heteroatoms. The van der Waals surface area contributed by atoms with Crippen LogP contribution in [0.3, 0.4) is 0 Å². The van der Waals surface area contributed by atoms with Crippen molar-refractivity contribution in [1.82, 2.24) is 10.3 Å². The predicted octanol–water partition coefficient (Wildman–Crippen LogP) is 3.10. The molecular weight excluding hydrogens is 278 g/mol. The van der Waals surface area contributed by atoms with E-state index in [2.05, 4.69) is 22.1 Å². The third kappa shape index (κ3) is 3.24. The quantitative estimate of drug-likeness (QED) is 0.890. The number of anilines is 1. The van der Waals surface area contributed by atoms with Crippen molar-refractivity contribution in [2.75, 3.05) is 18.0 Å². The topological polar surface area (TPSA) is 58.4 Å². The lowest BCUT2D eigenvalue weighted by Gasteiger charge is -2.23. The van der Waals surface area contributed by atoms with Crippen LogP contribution >= 0.6 is 0 Å². The molecule has 0 bridgehead atoms. The summed E-state index contributed by atoms with van der Waals surface area (Å²) in [6.45, 7) is 3.70. The Bertz CT molecular complexity index is 605. The first-order valence-corrected chi connectivity index (χ1v) is 8.17. The second-order valence-electron chi connectivity index (χ2n) is 5.86. The van der Waals surface area contributed by atoms with Gasteiger partial charge in [-0.1, -0.05) is 25.5 Å². The van der Waals surface area contributed by atoms with Crippen LogP contribution in [0.5, 0.6) is 0 Å². The molecule has 5 nitrogen and oxygen atoms in total. The molecule has 0 saturated carbocycles. The monoisotopic (exact) mass is 301 g/mol. The lowest BCUT2D eigenvalue weighted by molar-refractivity contribution is -0.121. The van der Waals surface area contributed by atoms with E-state index in [1.54, 1.807) is 0 Å². The Hall–Kier alpha value is -2.04. The van der Waals surface area contributed by atoms with Crippen LogP contribution < -0.4 is 10.2 Å². The van der Waals surface area contributed by atoms with Gasteiger partial charge in [-0.25, -0.2) is 0 Å². The van der Waals surface area contributed by atoms with E-state index in [4.69, 9.17) is 4.42 Å². The highest BCUT2D eigenvalue weighted by Crippen LogP contribution is 2.27. The van der Waals surface area contributed by atoms with Gasteiger partial charge in [-0.15, -0.1) is 0 Å². The highest BCUT2D eigenvalue weighted by Gasteiger charge is 2.28. The molecule has 1 N–H and O–H groups in total. The Morgan fingerprint density at radius 3 is 3.14 bits per heavy atom. The summed E-state index contributed by atoms with van der Waals surface area (Å²) in [6.07, 6.45) is 4.78. The van der Waals surface area contributed by atoms with Gasteiger partial charge >= 0.3 is 0 Å². The smallest absolute Gasteiger partial charge is 0.298 e. The molecule has 1 amide bonds. The van der Waals surface area contributed by atoms with Crippen molar-refractivity contribution in [2.45, 2.75) is 45.1 Å². The summed E-state index contributed by atoms with van der Waals surface area (Å²) in [5, 5.41) is 3.04. The number of rotatable bonds is 6. The Morgan fingerprint density at radius 2 is 2.32 bits per heavy atom. The summed E-state index contributed by atoms with van der Waals surface area (Å²) in [4.78, 5) is 18.5. The van der Waals surface area contributed by atoms with Gasteiger partial charge in [0, 0.05) is 19.5 Å². The molecule has 1 saturated heterocycles. The number of amides is 1. The number of aromatic nitrogens is 1. The molecular formula is C17H23N3O2. The maximum Gasteiger partial charge on any atom is 0.298 e. The standard InChI is InChI=1S/C17H23N3O2/c1-2-3-10-16(21)18-12-13-7-6-11-20(13)17-19-14-8-4-5-9-15(14)22-17/h4-5,8-9,13H,2-3,6-7,10-12H2,1H3,(H,18,21). The van der Waals surface area contributed by atoms with Gasteiger partial charge in [0.2, 0.25) is 5.91 Å². The zero-order valence-electron chi connectivity index (χ0n) is 13.0. The number of hydrogen-bond acceptors (Lipinski definition) is 4. The normalized spacial score (nSPS) is 18.0. The molecule has 1 aliphatic heterocycles. The van der Waals surface area contributed by atoms with Crippen LogP contribution in [0.2, 0.25) is 0 Å². The van der Waals surface area contributed by atoms with Gasteiger partial charge in [-0.2, -0.15) is 4.98 Å². The first-order valence-electron chi connectivity index (χ1n) is 8.17. The number of fused-ring (bicyclic) bond motifs is 1. The molecule has 1 aromatic heterocycles. The number of carbonyl (C=O) groups excluding carboxylic acids is 1. The van der Waals surface area contributed by atoms with Crippen molar-refractivity contribution >= 4 is 23.0 Å². The highest BCUT2D eigenvalue weighted by atomic mass is 16.4. The molecule has 1 aromatic carbocycles. The maximum atomic E-state index is 11.8. The number of benzene rings is 1. The summed E-state index contributed by atoms with van der Waals surface area (Å²) < 4.78 is 5.86. The zero-order valence-corrected chi connectivity index (χ0v) is 13.0. The van der Waals surface area contributed by atoms with Crippen LogP contribution in [0.25, 0.3) is 11.1 Å². The van der Waals surface area contributed by atoms with Crippen LogP contribution in [0.1, 0.15) is 39.0 Å². The number of nitrogens with zero attached hydrogens (tertiary/aromatic N) is 2. The van der Waals surface area contributed by atoms with Crippen LogP contribution in [0.4, 0.5) is 6.01 Å². The fraction of sp³-hybridized carbons (Fsp3) is 0.529. The van der Waals surface area contributed by atoms with E-state index in [1.165, 1.54) is 0 Å². The lowest BCUT2D eigenvalue weighted by Crippen LogP contribution is -2.40. The van der Waals surface area contributed by atoms with Crippen molar-refractivity contribution in [3.8, 4) is 0 Å². The first-order chi connectivity index (χ1) is 10.8. The average Bonchev–Trinajstić information content (AvgIpc) is 3.16. The number of oxazole rings is 1. The van der Waals surface area contributed by atoms with Gasteiger partial charge in [-0.05, 0) is 31.4 Å². The SMILES string of the molecule is CCCCC(=O)NCC1CCCN1c1nc2ccccc2o1. The summed E-state index contributed by atoms with van der Waals surface area (Å²) in [5.41, 5.74) is 1.70. The average molecular weight is 301 g/mol. The van der Waals surface area contributed by atoms with Gasteiger partial charge in [-0.3, -0.25) is 4.79 Å². The largest absolute Gasteiger partial charge is 0.423 e. The number of hydrogen-bond donors (Lipinski definition) is 1. The fourth-order valence-electron chi connectivity index (χ4n) is 2.94. The Morgan fingerprint density at radius 1 is 1.45 bits per heavy atom. The molecule has 2 aromatic rings. The summed E-state index contributed by atoms with van der Waals surface area (Å²) in [7, 11) is 0. The van der Waals surface area contributed by atoms with Crippen molar-refractivity contribution in [3.05, 3.63) is 24.3 Å². The van der Waals surface area contributed by atoms with E-state index >= 15 is 0 Å². The fourth-order valence-corrected chi connectivity index (χ4v) is 2.94.